The highest BCUT2D eigenvalue weighted by molar-refractivity contribution is 9.10. The summed E-state index contributed by atoms with van der Waals surface area (Å²) in [5.74, 6) is 0.730. The molecule has 3 heterocycles. The van der Waals surface area contributed by atoms with E-state index in [1.807, 2.05) is 52.1 Å². The molecule has 0 aromatic carbocycles. The van der Waals surface area contributed by atoms with E-state index in [4.69, 9.17) is 9.31 Å². The lowest BCUT2D eigenvalue weighted by atomic mass is 9.84. The lowest BCUT2D eigenvalue weighted by molar-refractivity contribution is 0.00578. The summed E-state index contributed by atoms with van der Waals surface area (Å²) in [6, 6.07) is 5.73. The van der Waals surface area contributed by atoms with Crippen LogP contribution in [0.3, 0.4) is 0 Å². The number of hydrogen-bond acceptors (Lipinski definition) is 4. The van der Waals surface area contributed by atoms with E-state index in [1.54, 1.807) is 10.9 Å². The van der Waals surface area contributed by atoms with Crippen molar-refractivity contribution < 1.29 is 9.31 Å². The third-order valence-electron chi connectivity index (χ3n) is 4.04. The smallest absolute Gasteiger partial charge is 0.398 e. The van der Waals surface area contributed by atoms with Crippen LogP contribution in [0.25, 0.3) is 5.82 Å². The Hall–Kier alpha value is -1.18. The SMILES string of the molecule is CC1(C)OB(c2cccc(-n3cc(Br)cn3)n2)OC1(C)C. The third kappa shape index (κ3) is 2.65. The second kappa shape index (κ2) is 4.93. The molecule has 5 nitrogen and oxygen atoms in total. The van der Waals surface area contributed by atoms with E-state index in [1.165, 1.54) is 0 Å². The van der Waals surface area contributed by atoms with Crippen LogP contribution in [0.15, 0.2) is 35.1 Å². The second-order valence-electron chi connectivity index (χ2n) is 6.11. The molecule has 0 unspecified atom stereocenters. The monoisotopic (exact) mass is 349 g/mol. The predicted octanol–water partition coefficient (Wildman–Crippen LogP) is 2.33. The van der Waals surface area contributed by atoms with Gasteiger partial charge in [-0.05, 0) is 55.8 Å². The van der Waals surface area contributed by atoms with Gasteiger partial charge in [-0.3, -0.25) is 0 Å². The molecule has 110 valence electrons. The Bertz CT molecular complexity index is 656. The van der Waals surface area contributed by atoms with Crippen LogP contribution in [0.2, 0.25) is 0 Å². The maximum atomic E-state index is 6.02. The molecule has 3 rings (SSSR count). The van der Waals surface area contributed by atoms with Crippen molar-refractivity contribution in [3.05, 3.63) is 35.1 Å². The first-order valence-electron chi connectivity index (χ1n) is 6.82. The summed E-state index contributed by atoms with van der Waals surface area (Å²) >= 11 is 3.38. The summed E-state index contributed by atoms with van der Waals surface area (Å²) in [5.41, 5.74) is 0.00603. The van der Waals surface area contributed by atoms with Gasteiger partial charge in [-0.25, -0.2) is 9.67 Å². The van der Waals surface area contributed by atoms with Gasteiger partial charge in [-0.15, -0.1) is 0 Å². The molecule has 0 bridgehead atoms. The van der Waals surface area contributed by atoms with E-state index in [2.05, 4.69) is 26.0 Å². The zero-order valence-corrected chi connectivity index (χ0v) is 14.1. The maximum Gasteiger partial charge on any atom is 0.514 e. The lowest BCUT2D eigenvalue weighted by Crippen LogP contribution is -2.41. The lowest BCUT2D eigenvalue weighted by Gasteiger charge is -2.32. The van der Waals surface area contributed by atoms with Crippen LogP contribution in [-0.4, -0.2) is 33.1 Å². The van der Waals surface area contributed by atoms with E-state index in [0.717, 1.165) is 15.9 Å². The predicted molar refractivity (Wildman–Crippen MR) is 84.8 cm³/mol. The van der Waals surface area contributed by atoms with E-state index in [0.29, 0.717) is 0 Å². The average molecular weight is 350 g/mol. The number of aromatic nitrogens is 3. The van der Waals surface area contributed by atoms with Crippen LogP contribution in [0.4, 0.5) is 0 Å². The van der Waals surface area contributed by atoms with Crippen LogP contribution in [0.1, 0.15) is 27.7 Å². The molecule has 2 aromatic rings. The Kier molecular flexibility index (Phi) is 3.46. The van der Waals surface area contributed by atoms with Crippen LogP contribution in [0.5, 0.6) is 0 Å². The molecule has 1 fully saturated rings. The van der Waals surface area contributed by atoms with E-state index < -0.39 is 7.12 Å². The fraction of sp³-hybridized carbons (Fsp3) is 0.429. The zero-order chi connectivity index (χ0) is 15.3. The van der Waals surface area contributed by atoms with Gasteiger partial charge in [0, 0.05) is 6.20 Å². The average Bonchev–Trinajstić information content (AvgIpc) is 2.92. The molecule has 0 atom stereocenters. The van der Waals surface area contributed by atoms with Crippen LogP contribution in [0, 0.1) is 0 Å². The molecule has 0 radical (unpaired) electrons. The molecule has 21 heavy (non-hydrogen) atoms. The fourth-order valence-corrected chi connectivity index (χ4v) is 2.37. The standard InChI is InChI=1S/C14H17BBrN3O2/c1-13(2)14(3,4)21-15(20-13)11-6-5-7-12(18-11)19-9-10(16)8-17-19/h5-9H,1-4H3. The first-order valence-corrected chi connectivity index (χ1v) is 7.61. The van der Waals surface area contributed by atoms with Gasteiger partial charge in [0.25, 0.3) is 0 Å². The molecule has 1 aliphatic heterocycles. The second-order valence-corrected chi connectivity index (χ2v) is 7.03. The van der Waals surface area contributed by atoms with Crippen molar-refractivity contribution in [2.45, 2.75) is 38.9 Å². The minimum atomic E-state index is -0.464. The van der Waals surface area contributed by atoms with Gasteiger partial charge >= 0.3 is 7.12 Å². The zero-order valence-electron chi connectivity index (χ0n) is 12.5. The first kappa shape index (κ1) is 14.7. The highest BCUT2D eigenvalue weighted by Gasteiger charge is 2.52. The van der Waals surface area contributed by atoms with Gasteiger partial charge in [0.2, 0.25) is 0 Å². The van der Waals surface area contributed by atoms with Gasteiger partial charge in [0.15, 0.2) is 5.82 Å². The Balaban J connectivity index is 1.91. The molecule has 0 spiro atoms. The van der Waals surface area contributed by atoms with Crippen LogP contribution < -0.4 is 5.59 Å². The third-order valence-corrected chi connectivity index (χ3v) is 4.45. The largest absolute Gasteiger partial charge is 0.514 e. The van der Waals surface area contributed by atoms with Gasteiger partial charge in [-0.1, -0.05) is 6.07 Å². The normalized spacial score (nSPS) is 20.0. The van der Waals surface area contributed by atoms with Crippen molar-refractivity contribution in [2.24, 2.45) is 0 Å². The molecule has 0 N–H and O–H groups in total. The summed E-state index contributed by atoms with van der Waals surface area (Å²) in [7, 11) is -0.464. The summed E-state index contributed by atoms with van der Waals surface area (Å²) in [4.78, 5) is 4.60. The molecule has 0 aliphatic carbocycles. The summed E-state index contributed by atoms with van der Waals surface area (Å²) in [6.45, 7) is 8.12. The van der Waals surface area contributed by atoms with Crippen molar-refractivity contribution in [3.63, 3.8) is 0 Å². The number of pyridine rings is 1. The van der Waals surface area contributed by atoms with Gasteiger partial charge in [-0.2, -0.15) is 5.10 Å². The number of rotatable bonds is 2. The van der Waals surface area contributed by atoms with Crippen molar-refractivity contribution in [3.8, 4) is 5.82 Å². The van der Waals surface area contributed by atoms with E-state index in [9.17, 15) is 0 Å². The van der Waals surface area contributed by atoms with Gasteiger partial charge in [0.05, 0.1) is 27.5 Å². The van der Waals surface area contributed by atoms with Crippen molar-refractivity contribution >= 4 is 28.6 Å². The quantitative estimate of drug-likeness (QED) is 0.781. The molecular formula is C14H17BBrN3O2. The Morgan fingerprint density at radius 2 is 1.81 bits per heavy atom. The molecule has 7 heteroatoms. The first-order chi connectivity index (χ1) is 9.78. The Labute approximate surface area is 132 Å². The Morgan fingerprint density at radius 1 is 1.14 bits per heavy atom. The molecule has 2 aromatic heterocycles. The minimum Gasteiger partial charge on any atom is -0.398 e. The molecular weight excluding hydrogens is 333 g/mol. The minimum absolute atomic E-state index is 0.371. The van der Waals surface area contributed by atoms with Crippen LogP contribution in [-0.2, 0) is 9.31 Å². The van der Waals surface area contributed by atoms with Gasteiger partial charge in [0.1, 0.15) is 0 Å². The van der Waals surface area contributed by atoms with E-state index >= 15 is 0 Å². The summed E-state index contributed by atoms with van der Waals surface area (Å²) < 4.78 is 14.7. The molecule has 0 saturated carbocycles. The van der Waals surface area contributed by atoms with Crippen molar-refractivity contribution in [1.82, 2.24) is 14.8 Å². The summed E-state index contributed by atoms with van der Waals surface area (Å²) in [5, 5.41) is 4.24. The highest BCUT2D eigenvalue weighted by atomic mass is 79.9. The number of nitrogens with zero attached hydrogens (tertiary/aromatic N) is 3. The topological polar surface area (TPSA) is 49.2 Å². The van der Waals surface area contributed by atoms with Crippen molar-refractivity contribution in [2.75, 3.05) is 0 Å². The van der Waals surface area contributed by atoms with Gasteiger partial charge < -0.3 is 9.31 Å². The Morgan fingerprint density at radius 3 is 2.38 bits per heavy atom. The molecule has 1 aliphatic rings. The van der Waals surface area contributed by atoms with Crippen LogP contribution >= 0.6 is 15.9 Å². The highest BCUT2D eigenvalue weighted by Crippen LogP contribution is 2.36. The maximum absolute atomic E-state index is 6.02. The summed E-state index contributed by atoms with van der Waals surface area (Å²) in [6.07, 6.45) is 3.58. The number of halogens is 1. The number of hydrogen-bond donors (Lipinski definition) is 0. The molecule has 0 amide bonds. The molecule has 1 saturated heterocycles. The fourth-order valence-electron chi connectivity index (χ4n) is 2.09. The van der Waals surface area contributed by atoms with E-state index in [-0.39, 0.29) is 11.2 Å². The van der Waals surface area contributed by atoms with Crippen molar-refractivity contribution in [1.29, 1.82) is 0 Å².